The minimum atomic E-state index is -0.209. The van der Waals surface area contributed by atoms with E-state index in [2.05, 4.69) is 10.1 Å². The number of carbonyl (C=O) groups excluding carboxylic acids is 2. The molecule has 2 aromatic carbocycles. The van der Waals surface area contributed by atoms with Crippen molar-refractivity contribution in [3.05, 3.63) is 60.2 Å². The maximum atomic E-state index is 12.1. The summed E-state index contributed by atoms with van der Waals surface area (Å²) in [6, 6.07) is 17.3. The van der Waals surface area contributed by atoms with Crippen LogP contribution in [0.5, 0.6) is 5.75 Å². The zero-order chi connectivity index (χ0) is 18.6. The first kappa shape index (κ1) is 19.5. The van der Waals surface area contributed by atoms with Gasteiger partial charge in [0, 0.05) is 12.8 Å². The summed E-state index contributed by atoms with van der Waals surface area (Å²) in [6.45, 7) is 0.446. The molecule has 2 rings (SSSR count). The van der Waals surface area contributed by atoms with Crippen molar-refractivity contribution >= 4 is 17.6 Å². The first-order chi connectivity index (χ1) is 12.7. The molecule has 0 fully saturated rings. The Hall–Kier alpha value is -2.82. The number of methoxy groups -OCH3 is 1. The van der Waals surface area contributed by atoms with E-state index in [1.165, 1.54) is 7.11 Å². The van der Waals surface area contributed by atoms with Crippen LogP contribution >= 0.6 is 0 Å². The van der Waals surface area contributed by atoms with Gasteiger partial charge in [0.25, 0.3) is 0 Å². The Morgan fingerprint density at radius 3 is 2.35 bits per heavy atom. The van der Waals surface area contributed by atoms with E-state index >= 15 is 0 Å². The van der Waals surface area contributed by atoms with Crippen LogP contribution in [0.3, 0.4) is 0 Å². The van der Waals surface area contributed by atoms with E-state index in [0.717, 1.165) is 24.8 Å². The number of esters is 1. The van der Waals surface area contributed by atoms with Gasteiger partial charge >= 0.3 is 5.97 Å². The fourth-order valence-corrected chi connectivity index (χ4v) is 2.48. The Labute approximate surface area is 154 Å². The fraction of sp³-hybridized carbons (Fsp3) is 0.333. The Bertz CT molecular complexity index is 700. The van der Waals surface area contributed by atoms with Gasteiger partial charge < -0.3 is 14.8 Å². The SMILES string of the molecule is COC(=O)CCCCCC(=O)Nc1ccccc1OCc1ccccc1. The molecule has 138 valence electrons. The van der Waals surface area contributed by atoms with Crippen LogP contribution < -0.4 is 10.1 Å². The second-order valence-electron chi connectivity index (χ2n) is 5.96. The highest BCUT2D eigenvalue weighted by atomic mass is 16.5. The monoisotopic (exact) mass is 355 g/mol. The van der Waals surface area contributed by atoms with Gasteiger partial charge in [-0.1, -0.05) is 48.9 Å². The highest BCUT2D eigenvalue weighted by molar-refractivity contribution is 5.92. The van der Waals surface area contributed by atoms with Crippen molar-refractivity contribution in [2.45, 2.75) is 38.7 Å². The molecule has 0 aliphatic carbocycles. The molecular weight excluding hydrogens is 330 g/mol. The Morgan fingerprint density at radius 1 is 0.885 bits per heavy atom. The third kappa shape index (κ3) is 6.97. The summed E-state index contributed by atoms with van der Waals surface area (Å²) in [4.78, 5) is 23.2. The maximum absolute atomic E-state index is 12.1. The number of benzene rings is 2. The summed E-state index contributed by atoms with van der Waals surface area (Å²) in [5.41, 5.74) is 1.74. The van der Waals surface area contributed by atoms with Crippen molar-refractivity contribution in [2.24, 2.45) is 0 Å². The number of rotatable bonds is 10. The zero-order valence-electron chi connectivity index (χ0n) is 15.1. The van der Waals surface area contributed by atoms with Crippen LogP contribution in [0.15, 0.2) is 54.6 Å². The van der Waals surface area contributed by atoms with Gasteiger partial charge in [0.05, 0.1) is 12.8 Å². The van der Waals surface area contributed by atoms with Crippen molar-refractivity contribution in [3.8, 4) is 5.75 Å². The number of para-hydroxylation sites is 2. The van der Waals surface area contributed by atoms with Gasteiger partial charge in [-0.25, -0.2) is 0 Å². The number of nitrogens with one attached hydrogen (secondary N) is 1. The molecule has 5 nitrogen and oxygen atoms in total. The number of hydrogen-bond acceptors (Lipinski definition) is 4. The molecule has 0 unspecified atom stereocenters. The molecule has 0 bridgehead atoms. The minimum absolute atomic E-state index is 0.0566. The molecule has 0 aliphatic rings. The molecule has 0 saturated heterocycles. The van der Waals surface area contributed by atoms with Crippen LogP contribution in [-0.4, -0.2) is 19.0 Å². The zero-order valence-corrected chi connectivity index (χ0v) is 15.1. The number of hydrogen-bond donors (Lipinski definition) is 1. The lowest BCUT2D eigenvalue weighted by molar-refractivity contribution is -0.140. The molecule has 0 saturated carbocycles. The van der Waals surface area contributed by atoms with Crippen LogP contribution in [0.4, 0.5) is 5.69 Å². The van der Waals surface area contributed by atoms with Crippen LogP contribution in [0, 0.1) is 0 Å². The molecule has 1 N–H and O–H groups in total. The molecule has 0 aliphatic heterocycles. The smallest absolute Gasteiger partial charge is 0.305 e. The normalized spacial score (nSPS) is 10.2. The third-order valence-corrected chi connectivity index (χ3v) is 3.91. The third-order valence-electron chi connectivity index (χ3n) is 3.91. The number of ether oxygens (including phenoxy) is 2. The van der Waals surface area contributed by atoms with Crippen LogP contribution in [0.2, 0.25) is 0 Å². The van der Waals surface area contributed by atoms with Crippen molar-refractivity contribution in [3.63, 3.8) is 0 Å². The van der Waals surface area contributed by atoms with E-state index in [0.29, 0.717) is 30.9 Å². The maximum Gasteiger partial charge on any atom is 0.305 e. The van der Waals surface area contributed by atoms with Gasteiger partial charge in [0.15, 0.2) is 0 Å². The molecule has 0 radical (unpaired) electrons. The number of anilines is 1. The molecular formula is C21H25NO4. The van der Waals surface area contributed by atoms with E-state index in [1.807, 2.05) is 54.6 Å². The molecule has 5 heteroatoms. The van der Waals surface area contributed by atoms with E-state index in [9.17, 15) is 9.59 Å². The largest absolute Gasteiger partial charge is 0.487 e. The summed E-state index contributed by atoms with van der Waals surface area (Å²) in [7, 11) is 1.38. The topological polar surface area (TPSA) is 64.6 Å². The number of carbonyl (C=O) groups is 2. The molecule has 2 aromatic rings. The molecule has 0 atom stereocenters. The lowest BCUT2D eigenvalue weighted by atomic mass is 10.1. The van der Waals surface area contributed by atoms with Crippen LogP contribution in [0.1, 0.15) is 37.7 Å². The molecule has 26 heavy (non-hydrogen) atoms. The Morgan fingerprint density at radius 2 is 1.58 bits per heavy atom. The first-order valence-electron chi connectivity index (χ1n) is 8.81. The summed E-state index contributed by atoms with van der Waals surface area (Å²) in [6.07, 6.45) is 3.09. The van der Waals surface area contributed by atoms with Crippen LogP contribution in [0.25, 0.3) is 0 Å². The molecule has 0 aromatic heterocycles. The van der Waals surface area contributed by atoms with Crippen molar-refractivity contribution < 1.29 is 19.1 Å². The Balaban J connectivity index is 1.77. The number of unbranched alkanes of at least 4 members (excludes halogenated alkanes) is 2. The summed E-state index contributed by atoms with van der Waals surface area (Å²) >= 11 is 0. The van der Waals surface area contributed by atoms with Crippen molar-refractivity contribution in [1.82, 2.24) is 0 Å². The van der Waals surface area contributed by atoms with Gasteiger partial charge in [0.1, 0.15) is 12.4 Å². The van der Waals surface area contributed by atoms with Gasteiger partial charge in [-0.2, -0.15) is 0 Å². The second-order valence-corrected chi connectivity index (χ2v) is 5.96. The van der Waals surface area contributed by atoms with Gasteiger partial charge in [0.2, 0.25) is 5.91 Å². The molecule has 0 spiro atoms. The summed E-state index contributed by atoms with van der Waals surface area (Å²) < 4.78 is 10.4. The van der Waals surface area contributed by atoms with Gasteiger partial charge in [-0.3, -0.25) is 9.59 Å². The molecule has 0 heterocycles. The van der Waals surface area contributed by atoms with E-state index in [4.69, 9.17) is 4.74 Å². The van der Waals surface area contributed by atoms with Crippen LogP contribution in [-0.2, 0) is 20.9 Å². The average Bonchev–Trinajstić information content (AvgIpc) is 2.67. The van der Waals surface area contributed by atoms with Gasteiger partial charge in [-0.15, -0.1) is 0 Å². The minimum Gasteiger partial charge on any atom is -0.487 e. The standard InChI is InChI=1S/C21H25NO4/c1-25-21(24)15-7-3-6-14-20(23)22-18-12-8-9-13-19(18)26-16-17-10-4-2-5-11-17/h2,4-5,8-13H,3,6-7,14-16H2,1H3,(H,22,23). The van der Waals surface area contributed by atoms with E-state index in [1.54, 1.807) is 0 Å². The second kappa shape index (κ2) is 10.9. The fourth-order valence-electron chi connectivity index (χ4n) is 2.48. The van der Waals surface area contributed by atoms with E-state index in [-0.39, 0.29) is 11.9 Å². The quantitative estimate of drug-likeness (QED) is 0.509. The number of amides is 1. The van der Waals surface area contributed by atoms with Gasteiger partial charge in [-0.05, 0) is 30.5 Å². The molecule has 1 amide bonds. The Kier molecular flexibility index (Phi) is 8.19. The van der Waals surface area contributed by atoms with Crippen molar-refractivity contribution in [2.75, 3.05) is 12.4 Å². The van der Waals surface area contributed by atoms with Crippen molar-refractivity contribution in [1.29, 1.82) is 0 Å². The predicted molar refractivity (Wildman–Crippen MR) is 101 cm³/mol. The van der Waals surface area contributed by atoms with E-state index < -0.39 is 0 Å². The predicted octanol–water partition coefficient (Wildman–Crippen LogP) is 4.33. The average molecular weight is 355 g/mol. The summed E-state index contributed by atoms with van der Waals surface area (Å²) in [5, 5.41) is 2.90. The lowest BCUT2D eigenvalue weighted by Gasteiger charge is -2.12. The lowest BCUT2D eigenvalue weighted by Crippen LogP contribution is -2.12. The summed E-state index contributed by atoms with van der Waals surface area (Å²) in [5.74, 6) is 0.383. The highest BCUT2D eigenvalue weighted by Crippen LogP contribution is 2.25. The highest BCUT2D eigenvalue weighted by Gasteiger charge is 2.08. The first-order valence-corrected chi connectivity index (χ1v) is 8.81.